The molecular weight excluding hydrogens is 481 g/mol. The van der Waals surface area contributed by atoms with E-state index in [4.69, 9.17) is 4.74 Å². The number of amides is 1. The number of halogens is 1. The Morgan fingerprint density at radius 2 is 1.59 bits per heavy atom. The molecule has 2 aliphatic rings. The molecule has 8 heteroatoms. The standard InChI is InChI=1S/C21H41N5O2.HI/c1-21(2,3)28-20(27)25-17-12-10-16(11-13-17)24-19(22-4)23-14-15-26(5)18-8-6-7-9-18;/h16-18H,6-15H2,1-5H3,(H,25,27)(H2,22,23,24);1H. The minimum Gasteiger partial charge on any atom is -0.444 e. The molecule has 2 fully saturated rings. The first-order valence-electron chi connectivity index (χ1n) is 10.9. The van der Waals surface area contributed by atoms with E-state index in [0.717, 1.165) is 50.8 Å². The highest BCUT2D eigenvalue weighted by molar-refractivity contribution is 14.0. The molecule has 0 aromatic heterocycles. The summed E-state index contributed by atoms with van der Waals surface area (Å²) in [5, 5.41) is 9.98. The number of carbonyl (C=O) groups is 1. The van der Waals surface area contributed by atoms with Crippen LogP contribution >= 0.6 is 24.0 Å². The van der Waals surface area contributed by atoms with Gasteiger partial charge in [-0.25, -0.2) is 4.79 Å². The Hall–Kier alpha value is -0.770. The molecule has 0 atom stereocenters. The maximum atomic E-state index is 11.9. The minimum atomic E-state index is -0.452. The van der Waals surface area contributed by atoms with Crippen LogP contribution in [-0.2, 0) is 4.74 Å². The predicted molar refractivity (Wildman–Crippen MR) is 130 cm³/mol. The molecule has 0 aromatic rings. The van der Waals surface area contributed by atoms with Crippen LogP contribution in [0.25, 0.3) is 0 Å². The molecule has 2 aliphatic carbocycles. The van der Waals surface area contributed by atoms with Crippen LogP contribution < -0.4 is 16.0 Å². The molecule has 0 saturated heterocycles. The Kier molecular flexibility index (Phi) is 11.6. The second kappa shape index (κ2) is 12.8. The number of guanidine groups is 1. The fourth-order valence-corrected chi connectivity index (χ4v) is 4.12. The molecule has 29 heavy (non-hydrogen) atoms. The molecule has 0 bridgehead atoms. The van der Waals surface area contributed by atoms with Crippen molar-refractivity contribution in [2.45, 2.75) is 95.9 Å². The van der Waals surface area contributed by atoms with Crippen molar-refractivity contribution in [1.82, 2.24) is 20.9 Å². The summed E-state index contributed by atoms with van der Waals surface area (Å²) in [4.78, 5) is 18.8. The molecule has 1 amide bonds. The van der Waals surface area contributed by atoms with Crippen molar-refractivity contribution >= 4 is 36.0 Å². The molecule has 170 valence electrons. The quantitative estimate of drug-likeness (QED) is 0.282. The molecule has 0 aromatic carbocycles. The van der Waals surface area contributed by atoms with Gasteiger partial charge in [-0.1, -0.05) is 12.8 Å². The molecule has 3 N–H and O–H groups in total. The summed E-state index contributed by atoms with van der Waals surface area (Å²) >= 11 is 0. The van der Waals surface area contributed by atoms with Gasteiger partial charge in [0.25, 0.3) is 0 Å². The number of nitrogens with one attached hydrogen (secondary N) is 3. The molecule has 0 aliphatic heterocycles. The van der Waals surface area contributed by atoms with Crippen molar-refractivity contribution < 1.29 is 9.53 Å². The summed E-state index contributed by atoms with van der Waals surface area (Å²) in [6.07, 6.45) is 9.05. The number of likely N-dealkylation sites (N-methyl/N-ethyl adjacent to an activating group) is 1. The Balaban J connectivity index is 0.00000420. The summed E-state index contributed by atoms with van der Waals surface area (Å²) in [7, 11) is 4.05. The lowest BCUT2D eigenvalue weighted by Crippen LogP contribution is -2.49. The Morgan fingerprint density at radius 3 is 2.10 bits per heavy atom. The van der Waals surface area contributed by atoms with Gasteiger partial charge in [-0.05, 0) is 66.3 Å². The van der Waals surface area contributed by atoms with E-state index in [1.54, 1.807) is 0 Å². The number of nitrogens with zero attached hydrogens (tertiary/aromatic N) is 2. The molecule has 0 heterocycles. The van der Waals surface area contributed by atoms with Crippen molar-refractivity contribution in [3.05, 3.63) is 0 Å². The van der Waals surface area contributed by atoms with Gasteiger partial charge in [-0.2, -0.15) is 0 Å². The smallest absolute Gasteiger partial charge is 0.407 e. The molecule has 0 radical (unpaired) electrons. The maximum absolute atomic E-state index is 11.9. The topological polar surface area (TPSA) is 78.0 Å². The highest BCUT2D eigenvalue weighted by atomic mass is 127. The number of aliphatic imine (C=N–C) groups is 1. The van der Waals surface area contributed by atoms with E-state index in [0.29, 0.717) is 6.04 Å². The second-order valence-corrected chi connectivity index (χ2v) is 9.26. The fourth-order valence-electron chi connectivity index (χ4n) is 4.12. The molecule has 0 unspecified atom stereocenters. The lowest BCUT2D eigenvalue weighted by molar-refractivity contribution is 0.0490. The van der Waals surface area contributed by atoms with Gasteiger partial charge in [0.2, 0.25) is 0 Å². The van der Waals surface area contributed by atoms with Crippen LogP contribution in [0.3, 0.4) is 0 Å². The monoisotopic (exact) mass is 523 g/mol. The van der Waals surface area contributed by atoms with Crippen LogP contribution in [0.1, 0.15) is 72.1 Å². The number of hydrogen-bond acceptors (Lipinski definition) is 4. The molecule has 2 saturated carbocycles. The largest absolute Gasteiger partial charge is 0.444 e. The Morgan fingerprint density at radius 1 is 1.03 bits per heavy atom. The normalized spacial score (nSPS) is 23.4. The average Bonchev–Trinajstić information content (AvgIpc) is 3.15. The predicted octanol–water partition coefficient (Wildman–Crippen LogP) is 3.48. The fraction of sp³-hybridized carbons (Fsp3) is 0.905. The van der Waals surface area contributed by atoms with E-state index in [-0.39, 0.29) is 36.1 Å². The average molecular weight is 524 g/mol. The first kappa shape index (κ1) is 26.3. The first-order chi connectivity index (χ1) is 13.3. The Bertz CT molecular complexity index is 510. The minimum absolute atomic E-state index is 0. The van der Waals surface area contributed by atoms with Crippen molar-refractivity contribution in [2.24, 2.45) is 4.99 Å². The van der Waals surface area contributed by atoms with Crippen molar-refractivity contribution in [3.63, 3.8) is 0 Å². The third kappa shape index (κ3) is 10.2. The lowest BCUT2D eigenvalue weighted by atomic mass is 9.91. The van der Waals surface area contributed by atoms with E-state index in [1.807, 2.05) is 27.8 Å². The first-order valence-corrected chi connectivity index (χ1v) is 10.9. The lowest BCUT2D eigenvalue weighted by Gasteiger charge is -2.31. The van der Waals surface area contributed by atoms with E-state index in [2.05, 4.69) is 32.9 Å². The van der Waals surface area contributed by atoms with Gasteiger partial charge in [-0.3, -0.25) is 4.99 Å². The van der Waals surface area contributed by atoms with Gasteiger partial charge in [0.1, 0.15) is 5.60 Å². The third-order valence-electron chi connectivity index (χ3n) is 5.72. The van der Waals surface area contributed by atoms with E-state index in [1.165, 1.54) is 25.7 Å². The van der Waals surface area contributed by atoms with Crippen LogP contribution in [0, 0.1) is 0 Å². The number of hydrogen-bond donors (Lipinski definition) is 3. The van der Waals surface area contributed by atoms with E-state index < -0.39 is 5.60 Å². The summed E-state index contributed by atoms with van der Waals surface area (Å²) in [6, 6.07) is 1.35. The molecule has 0 spiro atoms. The summed E-state index contributed by atoms with van der Waals surface area (Å²) in [5.74, 6) is 0.878. The maximum Gasteiger partial charge on any atom is 0.407 e. The third-order valence-corrected chi connectivity index (χ3v) is 5.72. The Labute approximate surface area is 194 Å². The highest BCUT2D eigenvalue weighted by Crippen LogP contribution is 2.22. The van der Waals surface area contributed by atoms with Gasteiger partial charge >= 0.3 is 6.09 Å². The van der Waals surface area contributed by atoms with Crippen LogP contribution in [0.2, 0.25) is 0 Å². The van der Waals surface area contributed by atoms with Gasteiger partial charge in [0, 0.05) is 38.3 Å². The van der Waals surface area contributed by atoms with E-state index in [9.17, 15) is 4.79 Å². The molecular formula is C21H42IN5O2. The van der Waals surface area contributed by atoms with Gasteiger partial charge in [0.05, 0.1) is 0 Å². The van der Waals surface area contributed by atoms with Crippen molar-refractivity contribution in [1.29, 1.82) is 0 Å². The van der Waals surface area contributed by atoms with Gasteiger partial charge in [0.15, 0.2) is 5.96 Å². The van der Waals surface area contributed by atoms with Crippen LogP contribution in [0.15, 0.2) is 4.99 Å². The van der Waals surface area contributed by atoms with Gasteiger partial charge < -0.3 is 25.6 Å². The second-order valence-electron chi connectivity index (χ2n) is 9.26. The SMILES string of the molecule is CN=C(NCCN(C)C1CCCC1)NC1CCC(NC(=O)OC(C)(C)C)CC1.I. The number of alkyl carbamates (subject to hydrolysis) is 1. The van der Waals surface area contributed by atoms with Crippen LogP contribution in [0.4, 0.5) is 4.79 Å². The van der Waals surface area contributed by atoms with Crippen molar-refractivity contribution in [3.8, 4) is 0 Å². The number of ether oxygens (including phenoxy) is 1. The summed E-state index contributed by atoms with van der Waals surface area (Å²) in [6.45, 7) is 7.60. The highest BCUT2D eigenvalue weighted by Gasteiger charge is 2.25. The summed E-state index contributed by atoms with van der Waals surface area (Å²) < 4.78 is 5.35. The molecule has 2 rings (SSSR count). The van der Waals surface area contributed by atoms with Crippen molar-refractivity contribution in [2.75, 3.05) is 27.2 Å². The summed E-state index contributed by atoms with van der Waals surface area (Å²) in [5.41, 5.74) is -0.452. The zero-order valence-electron chi connectivity index (χ0n) is 18.9. The molecule has 7 nitrogen and oxygen atoms in total. The number of rotatable bonds is 6. The zero-order chi connectivity index (χ0) is 20.6. The van der Waals surface area contributed by atoms with Crippen LogP contribution in [0.5, 0.6) is 0 Å². The number of carbonyl (C=O) groups excluding carboxylic acids is 1. The van der Waals surface area contributed by atoms with Gasteiger partial charge in [-0.15, -0.1) is 24.0 Å². The van der Waals surface area contributed by atoms with Crippen LogP contribution in [-0.4, -0.2) is 67.9 Å². The van der Waals surface area contributed by atoms with E-state index >= 15 is 0 Å². The zero-order valence-corrected chi connectivity index (χ0v) is 21.3.